The van der Waals surface area contributed by atoms with E-state index >= 15 is 0 Å². The SMILES string of the molecule is CCn1c2ccccc2c2cc(NC(=O)CN3C(=O)CN(C)C3=O)ccc21. The van der Waals surface area contributed by atoms with Gasteiger partial charge in [-0.25, -0.2) is 4.79 Å². The smallest absolute Gasteiger partial charge is 0.327 e. The highest BCUT2D eigenvalue weighted by Gasteiger charge is 2.34. The number of para-hydroxylation sites is 1. The van der Waals surface area contributed by atoms with E-state index in [0.717, 1.165) is 33.3 Å². The van der Waals surface area contributed by atoms with Crippen molar-refractivity contribution in [2.45, 2.75) is 13.5 Å². The van der Waals surface area contributed by atoms with Crippen molar-refractivity contribution in [2.75, 3.05) is 25.5 Å². The first-order valence-corrected chi connectivity index (χ1v) is 8.86. The number of aryl methyl sites for hydroxylation is 1. The molecule has 138 valence electrons. The Morgan fingerprint density at radius 1 is 1.07 bits per heavy atom. The number of benzene rings is 2. The number of fused-ring (bicyclic) bond motifs is 3. The maximum absolute atomic E-state index is 12.3. The van der Waals surface area contributed by atoms with Crippen LogP contribution in [0.1, 0.15) is 6.92 Å². The summed E-state index contributed by atoms with van der Waals surface area (Å²) in [6.07, 6.45) is 0. The second-order valence-corrected chi connectivity index (χ2v) is 6.66. The molecule has 2 aromatic carbocycles. The second-order valence-electron chi connectivity index (χ2n) is 6.66. The van der Waals surface area contributed by atoms with Crippen molar-refractivity contribution in [2.24, 2.45) is 0 Å². The molecule has 2 heterocycles. The Morgan fingerprint density at radius 2 is 1.81 bits per heavy atom. The molecule has 1 N–H and O–H groups in total. The van der Waals surface area contributed by atoms with E-state index in [1.165, 1.54) is 11.9 Å². The third-order valence-corrected chi connectivity index (χ3v) is 4.91. The maximum Gasteiger partial charge on any atom is 0.327 e. The van der Waals surface area contributed by atoms with Crippen molar-refractivity contribution in [1.82, 2.24) is 14.4 Å². The molecular weight excluding hydrogens is 344 g/mol. The number of amides is 4. The lowest BCUT2D eigenvalue weighted by Crippen LogP contribution is -2.38. The van der Waals surface area contributed by atoms with Crippen molar-refractivity contribution in [3.05, 3.63) is 42.5 Å². The molecule has 4 rings (SSSR count). The summed E-state index contributed by atoms with van der Waals surface area (Å²) in [7, 11) is 1.54. The Labute approximate surface area is 156 Å². The minimum Gasteiger partial charge on any atom is -0.341 e. The summed E-state index contributed by atoms with van der Waals surface area (Å²) in [6.45, 7) is 2.68. The summed E-state index contributed by atoms with van der Waals surface area (Å²) in [4.78, 5) is 38.3. The monoisotopic (exact) mass is 364 g/mol. The summed E-state index contributed by atoms with van der Waals surface area (Å²) < 4.78 is 2.23. The first kappa shape index (κ1) is 17.1. The molecule has 0 bridgehead atoms. The average Bonchev–Trinajstić information content (AvgIpc) is 3.10. The van der Waals surface area contributed by atoms with Gasteiger partial charge in [0.1, 0.15) is 13.1 Å². The van der Waals surface area contributed by atoms with Crippen LogP contribution in [-0.4, -0.2) is 52.3 Å². The molecule has 0 spiro atoms. The predicted octanol–water partition coefficient (Wildman–Crippen LogP) is 2.65. The summed E-state index contributed by atoms with van der Waals surface area (Å²) in [6, 6.07) is 13.5. The van der Waals surface area contributed by atoms with Crippen LogP contribution in [0.3, 0.4) is 0 Å². The number of nitrogens with zero attached hydrogens (tertiary/aromatic N) is 3. The predicted molar refractivity (Wildman–Crippen MR) is 103 cm³/mol. The van der Waals surface area contributed by atoms with Gasteiger partial charge in [-0.2, -0.15) is 0 Å². The van der Waals surface area contributed by atoms with E-state index in [9.17, 15) is 14.4 Å². The number of hydrogen-bond acceptors (Lipinski definition) is 3. The second kappa shape index (κ2) is 6.42. The van der Waals surface area contributed by atoms with Gasteiger partial charge in [-0.15, -0.1) is 0 Å². The topological polar surface area (TPSA) is 74.7 Å². The maximum atomic E-state index is 12.3. The molecule has 0 aliphatic carbocycles. The van der Waals surface area contributed by atoms with E-state index in [2.05, 4.69) is 28.9 Å². The zero-order valence-electron chi connectivity index (χ0n) is 15.2. The Hall–Kier alpha value is -3.35. The summed E-state index contributed by atoms with van der Waals surface area (Å²) >= 11 is 0. The number of urea groups is 1. The number of carbonyl (C=O) groups is 3. The Kier molecular flexibility index (Phi) is 4.07. The van der Waals surface area contributed by atoms with Gasteiger partial charge in [0.05, 0.1) is 0 Å². The van der Waals surface area contributed by atoms with Crippen LogP contribution in [0, 0.1) is 0 Å². The number of hydrogen-bond donors (Lipinski definition) is 1. The average molecular weight is 364 g/mol. The molecule has 7 nitrogen and oxygen atoms in total. The Bertz CT molecular complexity index is 1090. The lowest BCUT2D eigenvalue weighted by atomic mass is 10.1. The minimum absolute atomic E-state index is 0.00853. The van der Waals surface area contributed by atoms with Crippen LogP contribution in [0.4, 0.5) is 10.5 Å². The van der Waals surface area contributed by atoms with E-state index in [4.69, 9.17) is 0 Å². The fraction of sp³-hybridized carbons (Fsp3) is 0.250. The highest BCUT2D eigenvalue weighted by atomic mass is 16.2. The quantitative estimate of drug-likeness (QED) is 0.723. The van der Waals surface area contributed by atoms with Gasteiger partial charge >= 0.3 is 6.03 Å². The molecule has 3 aromatic rings. The summed E-state index contributed by atoms with van der Waals surface area (Å²) in [5.41, 5.74) is 2.89. The van der Waals surface area contributed by atoms with Crippen LogP contribution in [-0.2, 0) is 16.1 Å². The van der Waals surface area contributed by atoms with Crippen LogP contribution in [0.2, 0.25) is 0 Å². The first-order valence-electron chi connectivity index (χ1n) is 8.86. The molecule has 1 saturated heterocycles. The van der Waals surface area contributed by atoms with E-state index in [0.29, 0.717) is 5.69 Å². The molecule has 0 atom stereocenters. The number of rotatable bonds is 4. The summed E-state index contributed by atoms with van der Waals surface area (Å²) in [5.74, 6) is -0.760. The van der Waals surface area contributed by atoms with Crippen LogP contribution in [0.15, 0.2) is 42.5 Å². The normalized spacial score (nSPS) is 14.6. The third kappa shape index (κ3) is 2.81. The van der Waals surface area contributed by atoms with Gasteiger partial charge < -0.3 is 14.8 Å². The molecule has 1 aliphatic heterocycles. The fourth-order valence-corrected chi connectivity index (χ4v) is 3.64. The zero-order chi connectivity index (χ0) is 19.1. The van der Waals surface area contributed by atoms with E-state index in [-0.39, 0.29) is 19.0 Å². The molecule has 1 aromatic heterocycles. The first-order chi connectivity index (χ1) is 13.0. The van der Waals surface area contributed by atoms with Gasteiger partial charge in [0, 0.05) is 41.1 Å². The van der Waals surface area contributed by atoms with Crippen molar-refractivity contribution in [3.63, 3.8) is 0 Å². The van der Waals surface area contributed by atoms with Crippen LogP contribution in [0.5, 0.6) is 0 Å². The number of carbonyl (C=O) groups excluding carboxylic acids is 3. The van der Waals surface area contributed by atoms with Crippen LogP contribution >= 0.6 is 0 Å². The highest BCUT2D eigenvalue weighted by molar-refractivity contribution is 6.10. The number of aromatic nitrogens is 1. The fourth-order valence-electron chi connectivity index (χ4n) is 3.64. The van der Waals surface area contributed by atoms with Crippen LogP contribution < -0.4 is 5.32 Å². The zero-order valence-corrected chi connectivity index (χ0v) is 15.2. The summed E-state index contributed by atoms with van der Waals surface area (Å²) in [5, 5.41) is 4.97. The van der Waals surface area contributed by atoms with Gasteiger partial charge in [0.15, 0.2) is 0 Å². The number of imide groups is 1. The van der Waals surface area contributed by atoms with Gasteiger partial charge in [0.2, 0.25) is 5.91 Å². The number of anilines is 1. The van der Waals surface area contributed by atoms with Gasteiger partial charge in [-0.3, -0.25) is 14.5 Å². The number of likely N-dealkylation sites (N-methyl/N-ethyl adjacent to an activating group) is 1. The minimum atomic E-state index is -0.448. The van der Waals surface area contributed by atoms with E-state index in [1.54, 1.807) is 0 Å². The molecular formula is C20H20N4O3. The molecule has 4 amide bonds. The van der Waals surface area contributed by atoms with Crippen molar-refractivity contribution >= 4 is 45.3 Å². The Morgan fingerprint density at radius 3 is 2.52 bits per heavy atom. The molecule has 1 fully saturated rings. The van der Waals surface area contributed by atoms with Gasteiger partial charge in [-0.05, 0) is 31.2 Å². The van der Waals surface area contributed by atoms with Crippen LogP contribution in [0.25, 0.3) is 21.8 Å². The lowest BCUT2D eigenvalue weighted by molar-refractivity contribution is -0.129. The molecule has 27 heavy (non-hydrogen) atoms. The molecule has 7 heteroatoms. The van der Waals surface area contributed by atoms with Crippen molar-refractivity contribution in [1.29, 1.82) is 0 Å². The lowest BCUT2D eigenvalue weighted by Gasteiger charge is -2.14. The third-order valence-electron chi connectivity index (χ3n) is 4.91. The molecule has 0 unspecified atom stereocenters. The van der Waals surface area contributed by atoms with Crippen molar-refractivity contribution < 1.29 is 14.4 Å². The number of nitrogens with one attached hydrogen (secondary N) is 1. The van der Waals surface area contributed by atoms with Gasteiger partial charge in [-0.1, -0.05) is 18.2 Å². The molecule has 0 saturated carbocycles. The Balaban J connectivity index is 1.61. The van der Waals surface area contributed by atoms with Gasteiger partial charge in [0.25, 0.3) is 5.91 Å². The standard InChI is InChI=1S/C20H20N4O3/c1-3-23-16-7-5-4-6-14(16)15-10-13(8-9-17(15)23)21-18(25)11-24-19(26)12-22(2)20(24)27/h4-10H,3,11-12H2,1-2H3,(H,21,25). The molecule has 0 radical (unpaired) electrons. The van der Waals surface area contributed by atoms with Crippen molar-refractivity contribution in [3.8, 4) is 0 Å². The molecule has 1 aliphatic rings. The largest absolute Gasteiger partial charge is 0.341 e. The highest BCUT2D eigenvalue weighted by Crippen LogP contribution is 2.30. The van der Waals surface area contributed by atoms with E-state index in [1.807, 2.05) is 30.3 Å². The van der Waals surface area contributed by atoms with E-state index < -0.39 is 11.9 Å².